The minimum absolute atomic E-state index is 0. The van der Waals surface area contributed by atoms with Gasteiger partial charge in [-0.3, -0.25) is 9.89 Å². The van der Waals surface area contributed by atoms with Gasteiger partial charge in [-0.05, 0) is 31.5 Å². The fraction of sp³-hybridized carbons (Fsp3) is 0.333. The van der Waals surface area contributed by atoms with Crippen molar-refractivity contribution in [1.82, 2.24) is 15.5 Å². The van der Waals surface area contributed by atoms with Gasteiger partial charge in [0.1, 0.15) is 0 Å². The standard InChI is InChI=1S/C12H13ClN4O.ClH/c13-8-4-1-3-7-10(8)16-17-11(7)15-12(18)9-5-2-6-14-9;/h1,3-4,9,14H,2,5-6H2,(H2,15,16,17,18);1H. The van der Waals surface area contributed by atoms with Crippen LogP contribution in [0.5, 0.6) is 0 Å². The maximum atomic E-state index is 12.0. The second-order valence-corrected chi connectivity index (χ2v) is 4.78. The molecule has 1 fully saturated rings. The first kappa shape index (κ1) is 14.1. The van der Waals surface area contributed by atoms with Crippen molar-refractivity contribution in [1.29, 1.82) is 0 Å². The number of anilines is 1. The Balaban J connectivity index is 0.00000133. The molecule has 5 nitrogen and oxygen atoms in total. The van der Waals surface area contributed by atoms with Gasteiger partial charge >= 0.3 is 0 Å². The lowest BCUT2D eigenvalue weighted by atomic mass is 10.2. The van der Waals surface area contributed by atoms with E-state index in [1.165, 1.54) is 0 Å². The molecule has 1 aromatic carbocycles. The number of carbonyl (C=O) groups excluding carboxylic acids is 1. The summed E-state index contributed by atoms with van der Waals surface area (Å²) >= 11 is 6.04. The van der Waals surface area contributed by atoms with Crippen LogP contribution in [0.25, 0.3) is 10.9 Å². The average Bonchev–Trinajstić information content (AvgIpc) is 2.99. The van der Waals surface area contributed by atoms with Crippen molar-refractivity contribution in [2.24, 2.45) is 0 Å². The predicted octanol–water partition coefficient (Wildman–Crippen LogP) is 2.33. The summed E-state index contributed by atoms with van der Waals surface area (Å²) in [5.74, 6) is 0.493. The smallest absolute Gasteiger partial charge is 0.242 e. The van der Waals surface area contributed by atoms with Gasteiger partial charge in [0.25, 0.3) is 0 Å². The number of amides is 1. The zero-order valence-electron chi connectivity index (χ0n) is 10.1. The van der Waals surface area contributed by atoms with Crippen LogP contribution in [-0.4, -0.2) is 28.7 Å². The lowest BCUT2D eigenvalue weighted by Gasteiger charge is -2.09. The highest BCUT2D eigenvalue weighted by atomic mass is 35.5. The highest BCUT2D eigenvalue weighted by Crippen LogP contribution is 2.26. The number of carbonyl (C=O) groups is 1. The van der Waals surface area contributed by atoms with Gasteiger partial charge in [0, 0.05) is 5.39 Å². The normalized spacial score (nSPS) is 18.3. The van der Waals surface area contributed by atoms with Gasteiger partial charge in [0.15, 0.2) is 5.82 Å². The van der Waals surface area contributed by atoms with E-state index in [0.717, 1.165) is 30.3 Å². The van der Waals surface area contributed by atoms with E-state index >= 15 is 0 Å². The van der Waals surface area contributed by atoms with Gasteiger partial charge in [0.05, 0.1) is 16.6 Å². The summed E-state index contributed by atoms with van der Waals surface area (Å²) in [7, 11) is 0. The third kappa shape index (κ3) is 2.68. The largest absolute Gasteiger partial charge is 0.307 e. The number of fused-ring (bicyclic) bond motifs is 1. The van der Waals surface area contributed by atoms with Gasteiger partial charge in [-0.2, -0.15) is 5.10 Å². The number of benzene rings is 1. The molecule has 19 heavy (non-hydrogen) atoms. The van der Waals surface area contributed by atoms with Gasteiger partial charge < -0.3 is 10.6 Å². The van der Waals surface area contributed by atoms with E-state index in [0.29, 0.717) is 10.8 Å². The SMILES string of the molecule is Cl.O=C(Nc1n[nH]c2c(Cl)cccc12)C1CCCN1. The fourth-order valence-electron chi connectivity index (χ4n) is 2.21. The molecule has 1 atom stereocenters. The Morgan fingerprint density at radius 3 is 3.05 bits per heavy atom. The molecule has 1 saturated heterocycles. The molecule has 1 aliphatic rings. The van der Waals surface area contributed by atoms with E-state index in [4.69, 9.17) is 11.6 Å². The highest BCUT2D eigenvalue weighted by Gasteiger charge is 2.23. The molecule has 1 amide bonds. The molecule has 0 aliphatic carbocycles. The molecule has 7 heteroatoms. The number of H-pyrrole nitrogens is 1. The van der Waals surface area contributed by atoms with Crippen LogP contribution in [0.1, 0.15) is 12.8 Å². The number of nitrogens with zero attached hydrogens (tertiary/aromatic N) is 1. The lowest BCUT2D eigenvalue weighted by molar-refractivity contribution is -0.117. The number of halogens is 2. The molecule has 102 valence electrons. The summed E-state index contributed by atoms with van der Waals surface area (Å²) in [6.07, 6.45) is 1.90. The maximum Gasteiger partial charge on any atom is 0.242 e. The summed E-state index contributed by atoms with van der Waals surface area (Å²) in [5, 5.41) is 14.3. The zero-order chi connectivity index (χ0) is 12.5. The van der Waals surface area contributed by atoms with Crippen molar-refractivity contribution < 1.29 is 4.79 Å². The fourth-order valence-corrected chi connectivity index (χ4v) is 2.43. The molecule has 0 radical (unpaired) electrons. The molecule has 2 aromatic rings. The van der Waals surface area contributed by atoms with E-state index in [1.54, 1.807) is 6.07 Å². The molecule has 0 bridgehead atoms. The van der Waals surface area contributed by atoms with E-state index in [9.17, 15) is 4.79 Å². The van der Waals surface area contributed by atoms with Crippen molar-refractivity contribution in [3.05, 3.63) is 23.2 Å². The molecular weight excluding hydrogens is 287 g/mol. The Labute approximate surface area is 121 Å². The van der Waals surface area contributed by atoms with Gasteiger partial charge in [-0.15, -0.1) is 12.4 Å². The lowest BCUT2D eigenvalue weighted by Crippen LogP contribution is -2.35. The number of para-hydroxylation sites is 1. The van der Waals surface area contributed by atoms with Crippen LogP contribution in [0, 0.1) is 0 Å². The Bertz CT molecular complexity index is 592. The van der Waals surface area contributed by atoms with Gasteiger partial charge in [0.2, 0.25) is 5.91 Å². The molecule has 1 aliphatic heterocycles. The predicted molar refractivity (Wildman–Crippen MR) is 78.0 cm³/mol. The van der Waals surface area contributed by atoms with Crippen LogP contribution in [-0.2, 0) is 4.79 Å². The van der Waals surface area contributed by atoms with Crippen LogP contribution in [0.3, 0.4) is 0 Å². The second kappa shape index (κ2) is 5.77. The average molecular weight is 301 g/mol. The zero-order valence-corrected chi connectivity index (χ0v) is 11.6. The van der Waals surface area contributed by atoms with Gasteiger partial charge in [-0.25, -0.2) is 0 Å². The molecular formula is C12H14Cl2N4O. The van der Waals surface area contributed by atoms with Crippen LogP contribution in [0.2, 0.25) is 5.02 Å². The molecule has 3 rings (SSSR count). The number of aromatic nitrogens is 2. The Hall–Kier alpha value is -1.30. The third-order valence-corrected chi connectivity index (χ3v) is 3.48. The summed E-state index contributed by atoms with van der Waals surface area (Å²) < 4.78 is 0. The van der Waals surface area contributed by atoms with Crippen molar-refractivity contribution >= 4 is 46.6 Å². The Morgan fingerprint density at radius 1 is 1.47 bits per heavy atom. The van der Waals surface area contributed by atoms with E-state index in [-0.39, 0.29) is 24.4 Å². The highest BCUT2D eigenvalue weighted by molar-refractivity contribution is 6.35. The third-order valence-electron chi connectivity index (χ3n) is 3.17. The van der Waals surface area contributed by atoms with Crippen LogP contribution in [0.15, 0.2) is 18.2 Å². The molecule has 1 unspecified atom stereocenters. The van der Waals surface area contributed by atoms with Crippen molar-refractivity contribution in [3.8, 4) is 0 Å². The summed E-state index contributed by atoms with van der Waals surface area (Å²) in [4.78, 5) is 12.0. The minimum atomic E-state index is -0.115. The number of nitrogens with one attached hydrogen (secondary N) is 3. The second-order valence-electron chi connectivity index (χ2n) is 4.37. The first-order valence-corrected chi connectivity index (χ1v) is 6.30. The van der Waals surface area contributed by atoms with E-state index in [2.05, 4.69) is 20.8 Å². The number of hydrogen-bond donors (Lipinski definition) is 3. The number of hydrogen-bond acceptors (Lipinski definition) is 3. The van der Waals surface area contributed by atoms with Crippen molar-refractivity contribution in [2.75, 3.05) is 11.9 Å². The van der Waals surface area contributed by atoms with Gasteiger partial charge in [-0.1, -0.05) is 17.7 Å². The number of aromatic amines is 1. The monoisotopic (exact) mass is 300 g/mol. The maximum absolute atomic E-state index is 12.0. The van der Waals surface area contributed by atoms with Crippen LogP contribution in [0.4, 0.5) is 5.82 Å². The first-order valence-electron chi connectivity index (χ1n) is 5.92. The molecule has 1 aromatic heterocycles. The van der Waals surface area contributed by atoms with Crippen LogP contribution >= 0.6 is 24.0 Å². The van der Waals surface area contributed by atoms with Crippen molar-refractivity contribution in [3.63, 3.8) is 0 Å². The summed E-state index contributed by atoms with van der Waals surface area (Å²) in [6.45, 7) is 0.894. The molecule has 0 saturated carbocycles. The molecule has 2 heterocycles. The number of rotatable bonds is 2. The first-order chi connectivity index (χ1) is 8.75. The topological polar surface area (TPSA) is 69.8 Å². The minimum Gasteiger partial charge on any atom is -0.307 e. The Morgan fingerprint density at radius 2 is 2.32 bits per heavy atom. The van der Waals surface area contributed by atoms with E-state index in [1.807, 2.05) is 12.1 Å². The summed E-state index contributed by atoms with van der Waals surface area (Å²) in [5.41, 5.74) is 0.744. The molecule has 0 spiro atoms. The molecule has 3 N–H and O–H groups in total. The quantitative estimate of drug-likeness (QED) is 0.797. The summed E-state index contributed by atoms with van der Waals surface area (Å²) in [6, 6.07) is 5.38. The van der Waals surface area contributed by atoms with Crippen molar-refractivity contribution in [2.45, 2.75) is 18.9 Å². The Kier molecular flexibility index (Phi) is 4.29. The van der Waals surface area contributed by atoms with Crippen LogP contribution < -0.4 is 10.6 Å². The van der Waals surface area contributed by atoms with E-state index < -0.39 is 0 Å².